The van der Waals surface area contributed by atoms with E-state index < -0.39 is 0 Å². The molecule has 2 aliphatic rings. The Morgan fingerprint density at radius 1 is 1.29 bits per heavy atom. The maximum Gasteiger partial charge on any atom is 0.223 e. The van der Waals surface area contributed by atoms with Gasteiger partial charge in [-0.1, -0.05) is 18.2 Å². The van der Waals surface area contributed by atoms with Crippen LogP contribution in [0.4, 0.5) is 0 Å². The van der Waals surface area contributed by atoms with Gasteiger partial charge in [0, 0.05) is 5.92 Å². The van der Waals surface area contributed by atoms with Crippen molar-refractivity contribution in [3.8, 4) is 5.75 Å². The Labute approximate surface area is 101 Å². The molecule has 1 aliphatic carbocycles. The fourth-order valence-corrected chi connectivity index (χ4v) is 2.23. The van der Waals surface area contributed by atoms with Gasteiger partial charge >= 0.3 is 0 Å². The molecule has 0 radical (unpaired) electrons. The van der Waals surface area contributed by atoms with Crippen LogP contribution in [0.25, 0.3) is 0 Å². The predicted molar refractivity (Wildman–Crippen MR) is 64.9 cm³/mol. The summed E-state index contributed by atoms with van der Waals surface area (Å²) in [5, 5.41) is 2.98. The Bertz CT molecular complexity index is 426. The molecule has 1 aromatic carbocycles. The highest BCUT2D eigenvalue weighted by molar-refractivity contribution is 5.80. The number of hydrogen-bond donors (Lipinski definition) is 1. The minimum Gasteiger partial charge on any atom is -0.488 e. The first kappa shape index (κ1) is 10.6. The molecule has 1 unspecified atom stereocenters. The van der Waals surface area contributed by atoms with Gasteiger partial charge in [-0.25, -0.2) is 0 Å². The second kappa shape index (κ2) is 4.40. The summed E-state index contributed by atoms with van der Waals surface area (Å²) in [6, 6.07) is 8.14. The third-order valence-corrected chi connectivity index (χ3v) is 3.45. The van der Waals surface area contributed by atoms with Gasteiger partial charge in [-0.05, 0) is 37.3 Å². The highest BCUT2D eigenvalue weighted by atomic mass is 16.5. The number of rotatable bonds is 3. The Morgan fingerprint density at radius 3 is 2.94 bits per heavy atom. The first-order chi connectivity index (χ1) is 8.33. The minimum atomic E-state index is 0.132. The van der Waals surface area contributed by atoms with Crippen molar-refractivity contribution in [3.05, 3.63) is 29.8 Å². The smallest absolute Gasteiger partial charge is 0.223 e. The van der Waals surface area contributed by atoms with Crippen LogP contribution in [0, 0.1) is 5.92 Å². The first-order valence-electron chi connectivity index (χ1n) is 6.35. The molecule has 1 aromatic rings. The number of amides is 1. The summed E-state index contributed by atoms with van der Waals surface area (Å²) in [4.78, 5) is 11.5. The van der Waals surface area contributed by atoms with Gasteiger partial charge in [0.1, 0.15) is 11.9 Å². The third-order valence-electron chi connectivity index (χ3n) is 3.45. The van der Waals surface area contributed by atoms with Crippen LogP contribution in [0.5, 0.6) is 5.75 Å². The van der Waals surface area contributed by atoms with Gasteiger partial charge in [0.05, 0.1) is 6.54 Å². The zero-order chi connectivity index (χ0) is 11.7. The fourth-order valence-electron chi connectivity index (χ4n) is 2.23. The Morgan fingerprint density at radius 2 is 2.12 bits per heavy atom. The number of carbonyl (C=O) groups excluding carboxylic acids is 1. The summed E-state index contributed by atoms with van der Waals surface area (Å²) in [5.41, 5.74) is 1.28. The maximum atomic E-state index is 11.5. The molecule has 0 saturated heterocycles. The molecule has 17 heavy (non-hydrogen) atoms. The van der Waals surface area contributed by atoms with Crippen molar-refractivity contribution >= 4 is 5.91 Å². The molecule has 1 aliphatic heterocycles. The SMILES string of the molecule is O=C(NCC1CCc2ccccc2O1)C1CC1. The predicted octanol–water partition coefficient (Wildman–Crippen LogP) is 1.91. The highest BCUT2D eigenvalue weighted by Gasteiger charge is 2.30. The lowest BCUT2D eigenvalue weighted by Gasteiger charge is -2.26. The molecule has 3 rings (SSSR count). The van der Waals surface area contributed by atoms with Crippen molar-refractivity contribution in [3.63, 3.8) is 0 Å². The quantitative estimate of drug-likeness (QED) is 0.863. The van der Waals surface area contributed by atoms with Gasteiger partial charge in [0.2, 0.25) is 5.91 Å². The molecule has 0 bridgehead atoms. The second-order valence-electron chi connectivity index (χ2n) is 4.91. The van der Waals surface area contributed by atoms with Crippen LogP contribution in [0.1, 0.15) is 24.8 Å². The van der Waals surface area contributed by atoms with E-state index in [1.807, 2.05) is 18.2 Å². The summed E-state index contributed by atoms with van der Waals surface area (Å²) in [5.74, 6) is 1.46. The zero-order valence-electron chi connectivity index (χ0n) is 9.82. The molecule has 1 heterocycles. The van der Waals surface area contributed by atoms with E-state index in [4.69, 9.17) is 4.74 Å². The van der Waals surface area contributed by atoms with E-state index in [1.165, 1.54) is 5.56 Å². The van der Waals surface area contributed by atoms with Crippen LogP contribution in [0.2, 0.25) is 0 Å². The molecule has 1 fully saturated rings. The van der Waals surface area contributed by atoms with Crippen molar-refractivity contribution in [1.82, 2.24) is 5.32 Å². The van der Waals surface area contributed by atoms with Crippen molar-refractivity contribution < 1.29 is 9.53 Å². The summed E-state index contributed by atoms with van der Waals surface area (Å²) >= 11 is 0. The molecule has 0 spiro atoms. The van der Waals surface area contributed by atoms with Gasteiger partial charge in [-0.2, -0.15) is 0 Å². The van der Waals surface area contributed by atoms with E-state index in [0.29, 0.717) is 6.54 Å². The van der Waals surface area contributed by atoms with Crippen molar-refractivity contribution in [1.29, 1.82) is 0 Å². The van der Waals surface area contributed by atoms with E-state index in [9.17, 15) is 4.79 Å². The van der Waals surface area contributed by atoms with E-state index in [0.717, 1.165) is 31.4 Å². The van der Waals surface area contributed by atoms with Crippen LogP contribution < -0.4 is 10.1 Å². The average Bonchev–Trinajstić information content (AvgIpc) is 3.20. The summed E-state index contributed by atoms with van der Waals surface area (Å²) in [6.45, 7) is 0.643. The van der Waals surface area contributed by atoms with Crippen molar-refractivity contribution in [2.75, 3.05) is 6.54 Å². The summed E-state index contributed by atoms with van der Waals surface area (Å²) in [7, 11) is 0. The number of aryl methyl sites for hydroxylation is 1. The molecule has 3 heteroatoms. The Balaban J connectivity index is 1.55. The van der Waals surface area contributed by atoms with Crippen LogP contribution in [-0.2, 0) is 11.2 Å². The molecule has 3 nitrogen and oxygen atoms in total. The molecular weight excluding hydrogens is 214 g/mol. The van der Waals surface area contributed by atoms with Crippen molar-refractivity contribution in [2.24, 2.45) is 5.92 Å². The molecule has 1 atom stereocenters. The van der Waals surface area contributed by atoms with E-state index in [2.05, 4.69) is 11.4 Å². The highest BCUT2D eigenvalue weighted by Crippen LogP contribution is 2.29. The standard InChI is InChI=1S/C14H17NO2/c16-14(11-5-6-11)15-9-12-8-7-10-3-1-2-4-13(10)17-12/h1-4,11-12H,5-9H2,(H,15,16). The molecule has 1 saturated carbocycles. The number of nitrogens with one attached hydrogen (secondary N) is 1. The fraction of sp³-hybridized carbons (Fsp3) is 0.500. The maximum absolute atomic E-state index is 11.5. The van der Waals surface area contributed by atoms with Gasteiger partial charge in [0.25, 0.3) is 0 Å². The summed E-state index contributed by atoms with van der Waals surface area (Å²) in [6.07, 6.45) is 4.27. The number of para-hydroxylation sites is 1. The molecule has 0 aromatic heterocycles. The number of ether oxygens (including phenoxy) is 1. The van der Waals surface area contributed by atoms with Crippen LogP contribution in [0.15, 0.2) is 24.3 Å². The van der Waals surface area contributed by atoms with Gasteiger partial charge in [-0.15, -0.1) is 0 Å². The van der Waals surface area contributed by atoms with Crippen LogP contribution >= 0.6 is 0 Å². The Kier molecular flexibility index (Phi) is 2.75. The van der Waals surface area contributed by atoms with E-state index in [1.54, 1.807) is 0 Å². The number of fused-ring (bicyclic) bond motifs is 1. The van der Waals surface area contributed by atoms with E-state index in [-0.39, 0.29) is 17.9 Å². The lowest BCUT2D eigenvalue weighted by atomic mass is 10.0. The average molecular weight is 231 g/mol. The molecule has 90 valence electrons. The second-order valence-corrected chi connectivity index (χ2v) is 4.91. The molecule has 1 N–H and O–H groups in total. The normalized spacial score (nSPS) is 22.5. The lowest BCUT2D eigenvalue weighted by Crippen LogP contribution is -2.37. The van der Waals surface area contributed by atoms with Crippen LogP contribution in [-0.4, -0.2) is 18.6 Å². The zero-order valence-corrected chi connectivity index (χ0v) is 9.82. The molecular formula is C14H17NO2. The van der Waals surface area contributed by atoms with Crippen molar-refractivity contribution in [2.45, 2.75) is 31.8 Å². The monoisotopic (exact) mass is 231 g/mol. The summed E-state index contributed by atoms with van der Waals surface area (Å²) < 4.78 is 5.87. The topological polar surface area (TPSA) is 38.3 Å². The largest absolute Gasteiger partial charge is 0.488 e. The third kappa shape index (κ3) is 2.43. The number of benzene rings is 1. The van der Waals surface area contributed by atoms with Gasteiger partial charge in [0.15, 0.2) is 0 Å². The van der Waals surface area contributed by atoms with E-state index >= 15 is 0 Å². The number of hydrogen-bond acceptors (Lipinski definition) is 2. The van der Waals surface area contributed by atoms with Crippen LogP contribution in [0.3, 0.4) is 0 Å². The first-order valence-corrected chi connectivity index (χ1v) is 6.35. The van der Waals surface area contributed by atoms with Gasteiger partial charge < -0.3 is 10.1 Å². The number of carbonyl (C=O) groups is 1. The lowest BCUT2D eigenvalue weighted by molar-refractivity contribution is -0.122. The minimum absolute atomic E-state index is 0.132. The van der Waals surface area contributed by atoms with Gasteiger partial charge in [-0.3, -0.25) is 4.79 Å². The molecule has 1 amide bonds. The Hall–Kier alpha value is -1.51.